The lowest BCUT2D eigenvalue weighted by Crippen LogP contribution is -2.12. The zero-order chi connectivity index (χ0) is 17.9. The first-order valence-electron chi connectivity index (χ1n) is 8.62. The van der Waals surface area contributed by atoms with Gasteiger partial charge in [0.1, 0.15) is 18.1 Å². The van der Waals surface area contributed by atoms with E-state index in [-0.39, 0.29) is 5.91 Å². The summed E-state index contributed by atoms with van der Waals surface area (Å²) in [5.41, 5.74) is 1.81. The first kappa shape index (κ1) is 18.6. The Morgan fingerprint density at radius 1 is 0.960 bits per heavy atom. The number of hydrogen-bond acceptors (Lipinski definition) is 4. The fourth-order valence-electron chi connectivity index (χ4n) is 2.27. The van der Waals surface area contributed by atoms with Crippen molar-refractivity contribution in [3.05, 3.63) is 48.5 Å². The fourth-order valence-corrected chi connectivity index (χ4v) is 2.27. The second-order valence-corrected chi connectivity index (χ2v) is 5.68. The van der Waals surface area contributed by atoms with Gasteiger partial charge in [0.05, 0.1) is 7.11 Å². The lowest BCUT2D eigenvalue weighted by atomic mass is 10.2. The molecule has 134 valence electrons. The normalized spacial score (nSPS) is 10.2. The Kier molecular flexibility index (Phi) is 7.63. The van der Waals surface area contributed by atoms with E-state index in [1.165, 1.54) is 0 Å². The third-order valence-electron chi connectivity index (χ3n) is 3.69. The predicted octanol–water partition coefficient (Wildman–Crippen LogP) is 4.31. The Morgan fingerprint density at radius 2 is 1.60 bits per heavy atom. The summed E-state index contributed by atoms with van der Waals surface area (Å²) in [5.74, 6) is 1.69. The summed E-state index contributed by atoms with van der Waals surface area (Å²) in [6, 6.07) is 15.2. The molecule has 0 bridgehead atoms. The molecule has 0 atom stereocenters. The number of carbonyl (C=O) groups is 1. The van der Waals surface area contributed by atoms with Crippen molar-refractivity contribution in [2.24, 2.45) is 0 Å². The molecule has 0 aliphatic rings. The molecule has 0 aromatic heterocycles. The minimum absolute atomic E-state index is 0.0652. The smallest absolute Gasteiger partial charge is 0.224 e. The van der Waals surface area contributed by atoms with E-state index in [9.17, 15) is 4.79 Å². The molecule has 1 amide bonds. The Balaban J connectivity index is 1.69. The highest BCUT2D eigenvalue weighted by atomic mass is 16.5. The van der Waals surface area contributed by atoms with Crippen LogP contribution in [0, 0.1) is 0 Å². The van der Waals surface area contributed by atoms with E-state index in [2.05, 4.69) is 17.6 Å². The number of carbonyl (C=O) groups excluding carboxylic acids is 1. The molecular weight excluding hydrogens is 316 g/mol. The molecule has 0 radical (unpaired) electrons. The quantitative estimate of drug-likeness (QED) is 0.632. The number of benzene rings is 2. The molecule has 2 N–H and O–H groups in total. The summed E-state index contributed by atoms with van der Waals surface area (Å²) in [6.45, 7) is 3.32. The SMILES string of the molecule is CCCCC(=O)Nc1ccc(NCCOc2ccc(OC)cc2)cc1. The molecule has 0 fully saturated rings. The van der Waals surface area contributed by atoms with E-state index in [1.807, 2.05) is 48.5 Å². The van der Waals surface area contributed by atoms with Gasteiger partial charge in [-0.25, -0.2) is 0 Å². The van der Waals surface area contributed by atoms with E-state index >= 15 is 0 Å². The molecule has 0 heterocycles. The van der Waals surface area contributed by atoms with Crippen LogP contribution in [-0.4, -0.2) is 26.2 Å². The molecule has 2 aromatic carbocycles. The molecule has 5 heteroatoms. The highest BCUT2D eigenvalue weighted by molar-refractivity contribution is 5.90. The zero-order valence-electron chi connectivity index (χ0n) is 14.9. The average Bonchev–Trinajstić information content (AvgIpc) is 2.65. The van der Waals surface area contributed by atoms with Gasteiger partial charge in [-0.05, 0) is 55.0 Å². The number of rotatable bonds is 10. The topological polar surface area (TPSA) is 59.6 Å². The number of amides is 1. The lowest BCUT2D eigenvalue weighted by Gasteiger charge is -2.10. The molecule has 0 aliphatic carbocycles. The van der Waals surface area contributed by atoms with Gasteiger partial charge in [0.2, 0.25) is 5.91 Å². The van der Waals surface area contributed by atoms with Crippen molar-refractivity contribution in [2.45, 2.75) is 26.2 Å². The first-order chi connectivity index (χ1) is 12.2. The van der Waals surface area contributed by atoms with Crippen molar-refractivity contribution in [2.75, 3.05) is 30.9 Å². The summed E-state index contributed by atoms with van der Waals surface area (Å²) in [7, 11) is 1.64. The van der Waals surface area contributed by atoms with Crippen molar-refractivity contribution < 1.29 is 14.3 Å². The van der Waals surface area contributed by atoms with Crippen LogP contribution in [0.3, 0.4) is 0 Å². The van der Waals surface area contributed by atoms with Gasteiger partial charge in [0, 0.05) is 24.3 Å². The van der Waals surface area contributed by atoms with Crippen molar-refractivity contribution in [1.82, 2.24) is 0 Å². The minimum Gasteiger partial charge on any atom is -0.497 e. The maximum atomic E-state index is 11.7. The highest BCUT2D eigenvalue weighted by Crippen LogP contribution is 2.17. The van der Waals surface area contributed by atoms with Gasteiger partial charge in [0.25, 0.3) is 0 Å². The van der Waals surface area contributed by atoms with Crippen molar-refractivity contribution in [1.29, 1.82) is 0 Å². The molecule has 0 unspecified atom stereocenters. The third-order valence-corrected chi connectivity index (χ3v) is 3.69. The molecule has 2 aromatic rings. The number of methoxy groups -OCH3 is 1. The molecule has 0 saturated heterocycles. The molecule has 5 nitrogen and oxygen atoms in total. The van der Waals surface area contributed by atoms with Gasteiger partial charge in [-0.2, -0.15) is 0 Å². The van der Waals surface area contributed by atoms with Crippen LogP contribution in [-0.2, 0) is 4.79 Å². The van der Waals surface area contributed by atoms with Crippen molar-refractivity contribution >= 4 is 17.3 Å². The van der Waals surface area contributed by atoms with Crippen LogP contribution in [0.15, 0.2) is 48.5 Å². The standard InChI is InChI=1S/C20H26N2O3/c1-3-4-5-20(23)22-17-8-6-16(7-9-17)21-14-15-25-19-12-10-18(24-2)11-13-19/h6-13,21H,3-5,14-15H2,1-2H3,(H,22,23). The Bertz CT molecular complexity index is 639. The molecule has 0 aliphatic heterocycles. The summed E-state index contributed by atoms with van der Waals surface area (Å²) in [5, 5.41) is 6.19. The van der Waals surface area contributed by atoms with Gasteiger partial charge in [-0.15, -0.1) is 0 Å². The number of hydrogen-bond donors (Lipinski definition) is 2. The second-order valence-electron chi connectivity index (χ2n) is 5.68. The second kappa shape index (κ2) is 10.2. The van der Waals surface area contributed by atoms with E-state index in [0.717, 1.165) is 35.7 Å². The summed E-state index contributed by atoms with van der Waals surface area (Å²) >= 11 is 0. The highest BCUT2D eigenvalue weighted by Gasteiger charge is 2.01. The van der Waals surface area contributed by atoms with Crippen molar-refractivity contribution in [3.63, 3.8) is 0 Å². The van der Waals surface area contributed by atoms with Gasteiger partial charge in [-0.3, -0.25) is 4.79 Å². The lowest BCUT2D eigenvalue weighted by molar-refractivity contribution is -0.116. The van der Waals surface area contributed by atoms with Gasteiger partial charge < -0.3 is 20.1 Å². The number of anilines is 2. The zero-order valence-corrected chi connectivity index (χ0v) is 14.9. The molecule has 0 saturated carbocycles. The average molecular weight is 342 g/mol. The van der Waals surface area contributed by atoms with E-state index in [0.29, 0.717) is 19.6 Å². The van der Waals surface area contributed by atoms with E-state index in [1.54, 1.807) is 7.11 Å². The van der Waals surface area contributed by atoms with Gasteiger partial charge in [0.15, 0.2) is 0 Å². The predicted molar refractivity (Wildman–Crippen MR) is 102 cm³/mol. The molecule has 2 rings (SSSR count). The Hall–Kier alpha value is -2.69. The first-order valence-corrected chi connectivity index (χ1v) is 8.62. The van der Waals surface area contributed by atoms with Crippen LogP contribution in [0.2, 0.25) is 0 Å². The Labute approximate surface area is 149 Å². The molecular formula is C20H26N2O3. The van der Waals surface area contributed by atoms with Crippen LogP contribution in [0.1, 0.15) is 26.2 Å². The minimum atomic E-state index is 0.0652. The number of nitrogens with one attached hydrogen (secondary N) is 2. The van der Waals surface area contributed by atoms with Gasteiger partial charge in [-0.1, -0.05) is 13.3 Å². The van der Waals surface area contributed by atoms with Crippen LogP contribution in [0.4, 0.5) is 11.4 Å². The van der Waals surface area contributed by atoms with Gasteiger partial charge >= 0.3 is 0 Å². The maximum Gasteiger partial charge on any atom is 0.224 e. The van der Waals surface area contributed by atoms with E-state index in [4.69, 9.17) is 9.47 Å². The van der Waals surface area contributed by atoms with Crippen LogP contribution >= 0.6 is 0 Å². The van der Waals surface area contributed by atoms with E-state index < -0.39 is 0 Å². The largest absolute Gasteiger partial charge is 0.497 e. The Morgan fingerprint density at radius 3 is 2.24 bits per heavy atom. The van der Waals surface area contributed by atoms with Crippen LogP contribution in [0.5, 0.6) is 11.5 Å². The summed E-state index contributed by atoms with van der Waals surface area (Å²) in [6.07, 6.45) is 2.51. The van der Waals surface area contributed by atoms with Crippen LogP contribution < -0.4 is 20.1 Å². The monoisotopic (exact) mass is 342 g/mol. The maximum absolute atomic E-state index is 11.7. The number of ether oxygens (including phenoxy) is 2. The third kappa shape index (κ3) is 6.75. The summed E-state index contributed by atoms with van der Waals surface area (Å²) in [4.78, 5) is 11.7. The summed E-state index contributed by atoms with van der Waals surface area (Å²) < 4.78 is 10.8. The fraction of sp³-hybridized carbons (Fsp3) is 0.350. The molecule has 25 heavy (non-hydrogen) atoms. The molecule has 0 spiro atoms. The number of unbranched alkanes of at least 4 members (excludes halogenated alkanes) is 1. The van der Waals surface area contributed by atoms with Crippen molar-refractivity contribution in [3.8, 4) is 11.5 Å². The van der Waals surface area contributed by atoms with Crippen LogP contribution in [0.25, 0.3) is 0 Å².